The lowest BCUT2D eigenvalue weighted by Crippen LogP contribution is -2.51. The van der Waals surface area contributed by atoms with Gasteiger partial charge in [-0.3, -0.25) is 0 Å². The van der Waals surface area contributed by atoms with E-state index in [1.54, 1.807) is 0 Å². The molecule has 0 aromatic rings. The van der Waals surface area contributed by atoms with Crippen LogP contribution in [0.15, 0.2) is 0 Å². The van der Waals surface area contributed by atoms with Crippen molar-refractivity contribution in [2.75, 3.05) is 26.2 Å². The van der Waals surface area contributed by atoms with E-state index in [4.69, 9.17) is 0 Å². The molecule has 1 aliphatic carbocycles. The van der Waals surface area contributed by atoms with Crippen LogP contribution in [0.5, 0.6) is 0 Å². The van der Waals surface area contributed by atoms with Crippen molar-refractivity contribution in [1.29, 1.82) is 0 Å². The van der Waals surface area contributed by atoms with Gasteiger partial charge < -0.3 is 10.2 Å². The number of unbranched alkanes of at least 4 members (excludes halogenated alkanes) is 1. The molecule has 124 valence electrons. The maximum Gasteiger partial charge on any atom is 0.0198 e. The first kappa shape index (κ1) is 17.3. The molecular formula is C19H38N2. The fraction of sp³-hybridized carbons (Fsp3) is 1.00. The van der Waals surface area contributed by atoms with E-state index in [1.165, 1.54) is 77.5 Å². The predicted molar refractivity (Wildman–Crippen MR) is 92.7 cm³/mol. The van der Waals surface area contributed by atoms with E-state index in [0.717, 1.165) is 23.8 Å². The zero-order chi connectivity index (χ0) is 15.1. The van der Waals surface area contributed by atoms with Crippen LogP contribution in [0.3, 0.4) is 0 Å². The lowest BCUT2D eigenvalue weighted by Gasteiger charge is -2.40. The summed E-state index contributed by atoms with van der Waals surface area (Å²) in [4.78, 5) is 2.73. The summed E-state index contributed by atoms with van der Waals surface area (Å²) < 4.78 is 0. The zero-order valence-corrected chi connectivity index (χ0v) is 14.7. The molecule has 2 unspecified atom stereocenters. The topological polar surface area (TPSA) is 15.3 Å². The Bertz CT molecular complexity index is 271. The lowest BCUT2D eigenvalue weighted by molar-refractivity contribution is 0.111. The molecule has 2 atom stereocenters. The number of hydrogen-bond acceptors (Lipinski definition) is 2. The van der Waals surface area contributed by atoms with Gasteiger partial charge in [0.1, 0.15) is 0 Å². The molecule has 1 heterocycles. The van der Waals surface area contributed by atoms with Gasteiger partial charge in [0, 0.05) is 19.1 Å². The third-order valence-electron chi connectivity index (χ3n) is 5.75. The van der Waals surface area contributed by atoms with Crippen molar-refractivity contribution in [3.05, 3.63) is 0 Å². The molecule has 1 saturated carbocycles. The molecule has 0 aromatic heterocycles. The summed E-state index contributed by atoms with van der Waals surface area (Å²) in [6, 6.07) is 0.741. The lowest BCUT2D eigenvalue weighted by atomic mass is 9.84. The van der Waals surface area contributed by atoms with Crippen molar-refractivity contribution in [3.8, 4) is 0 Å². The molecule has 0 spiro atoms. The summed E-state index contributed by atoms with van der Waals surface area (Å²) in [7, 11) is 0. The number of likely N-dealkylation sites (tertiary alicyclic amines) is 1. The first-order chi connectivity index (χ1) is 10.2. The average molecular weight is 295 g/mol. The van der Waals surface area contributed by atoms with Gasteiger partial charge in [0.15, 0.2) is 0 Å². The molecule has 1 N–H and O–H groups in total. The highest BCUT2D eigenvalue weighted by molar-refractivity contribution is 4.85. The van der Waals surface area contributed by atoms with Crippen LogP contribution in [0.2, 0.25) is 0 Å². The summed E-state index contributed by atoms with van der Waals surface area (Å²) in [6.45, 7) is 12.3. The summed E-state index contributed by atoms with van der Waals surface area (Å²) in [5.41, 5.74) is 0. The van der Waals surface area contributed by atoms with E-state index >= 15 is 0 Å². The second kappa shape index (κ2) is 9.15. The van der Waals surface area contributed by atoms with Crippen LogP contribution in [0.25, 0.3) is 0 Å². The highest BCUT2D eigenvalue weighted by Gasteiger charge is 2.28. The minimum atomic E-state index is 0.741. The normalized spacial score (nSPS) is 29.1. The fourth-order valence-electron chi connectivity index (χ4n) is 4.15. The predicted octanol–water partition coefficient (Wildman–Crippen LogP) is 4.30. The number of hydrogen-bond donors (Lipinski definition) is 1. The van der Waals surface area contributed by atoms with Gasteiger partial charge in [-0.1, -0.05) is 46.5 Å². The van der Waals surface area contributed by atoms with E-state index in [1.807, 2.05) is 0 Å². The summed E-state index contributed by atoms with van der Waals surface area (Å²) in [5.74, 6) is 2.68. The van der Waals surface area contributed by atoms with E-state index < -0.39 is 0 Å². The molecule has 2 fully saturated rings. The zero-order valence-electron chi connectivity index (χ0n) is 14.7. The van der Waals surface area contributed by atoms with Gasteiger partial charge in [-0.15, -0.1) is 0 Å². The Morgan fingerprint density at radius 1 is 1.10 bits per heavy atom. The minimum Gasteiger partial charge on any atom is -0.312 e. The monoisotopic (exact) mass is 294 g/mol. The van der Waals surface area contributed by atoms with E-state index in [0.29, 0.717) is 0 Å². The maximum absolute atomic E-state index is 3.94. The highest BCUT2D eigenvalue weighted by Crippen LogP contribution is 2.26. The Balaban J connectivity index is 1.78. The van der Waals surface area contributed by atoms with Crippen molar-refractivity contribution in [3.63, 3.8) is 0 Å². The van der Waals surface area contributed by atoms with Gasteiger partial charge in [-0.05, 0) is 56.5 Å². The Labute approximate surface area is 133 Å². The van der Waals surface area contributed by atoms with Crippen LogP contribution < -0.4 is 5.32 Å². The van der Waals surface area contributed by atoms with Crippen molar-refractivity contribution >= 4 is 0 Å². The Kier molecular flexibility index (Phi) is 7.53. The maximum atomic E-state index is 3.94. The first-order valence-electron chi connectivity index (χ1n) is 9.64. The molecule has 2 heteroatoms. The number of piperidine rings is 1. The largest absolute Gasteiger partial charge is 0.312 e. The molecule has 0 bridgehead atoms. The van der Waals surface area contributed by atoms with Crippen molar-refractivity contribution < 1.29 is 0 Å². The van der Waals surface area contributed by atoms with Crippen molar-refractivity contribution in [2.45, 2.75) is 78.2 Å². The Morgan fingerprint density at radius 3 is 2.52 bits per heavy atom. The van der Waals surface area contributed by atoms with Crippen LogP contribution in [0.1, 0.15) is 72.1 Å². The highest BCUT2D eigenvalue weighted by atomic mass is 15.2. The van der Waals surface area contributed by atoms with Crippen molar-refractivity contribution in [2.24, 2.45) is 17.8 Å². The van der Waals surface area contributed by atoms with Gasteiger partial charge >= 0.3 is 0 Å². The molecule has 2 rings (SSSR count). The minimum absolute atomic E-state index is 0.741. The van der Waals surface area contributed by atoms with E-state index in [-0.39, 0.29) is 0 Å². The fourth-order valence-corrected chi connectivity index (χ4v) is 4.15. The third-order valence-corrected chi connectivity index (χ3v) is 5.75. The summed E-state index contributed by atoms with van der Waals surface area (Å²) in [5, 5.41) is 3.94. The van der Waals surface area contributed by atoms with Gasteiger partial charge in [-0.25, -0.2) is 0 Å². The molecular weight excluding hydrogens is 256 g/mol. The average Bonchev–Trinajstić information content (AvgIpc) is 2.51. The first-order valence-corrected chi connectivity index (χ1v) is 9.64. The second-order valence-corrected chi connectivity index (χ2v) is 7.96. The molecule has 1 saturated heterocycles. The smallest absolute Gasteiger partial charge is 0.0198 e. The van der Waals surface area contributed by atoms with E-state index in [9.17, 15) is 0 Å². The molecule has 0 aromatic carbocycles. The SMILES string of the molecule is CCCCN1CC(NCC2CCCCC2)CC(C(C)C)C1. The molecule has 0 radical (unpaired) electrons. The Hall–Kier alpha value is -0.0800. The van der Waals surface area contributed by atoms with Gasteiger partial charge in [0.25, 0.3) is 0 Å². The van der Waals surface area contributed by atoms with Crippen LogP contribution >= 0.6 is 0 Å². The third kappa shape index (κ3) is 5.90. The summed E-state index contributed by atoms with van der Waals surface area (Å²) in [6.07, 6.45) is 11.4. The molecule has 2 aliphatic rings. The van der Waals surface area contributed by atoms with Crippen LogP contribution in [0.4, 0.5) is 0 Å². The van der Waals surface area contributed by atoms with Gasteiger partial charge in [0.2, 0.25) is 0 Å². The van der Waals surface area contributed by atoms with E-state index in [2.05, 4.69) is 31.0 Å². The number of nitrogens with zero attached hydrogens (tertiary/aromatic N) is 1. The van der Waals surface area contributed by atoms with Crippen LogP contribution in [-0.2, 0) is 0 Å². The number of nitrogens with one attached hydrogen (secondary N) is 1. The number of rotatable bonds is 7. The molecule has 21 heavy (non-hydrogen) atoms. The molecule has 1 aliphatic heterocycles. The standard InChI is InChI=1S/C19H38N2/c1-4-5-11-21-14-18(16(2)3)12-19(15-21)20-13-17-9-7-6-8-10-17/h16-20H,4-15H2,1-3H3. The van der Waals surface area contributed by atoms with Crippen LogP contribution in [-0.4, -0.2) is 37.1 Å². The van der Waals surface area contributed by atoms with Crippen molar-refractivity contribution in [1.82, 2.24) is 10.2 Å². The molecule has 0 amide bonds. The second-order valence-electron chi connectivity index (χ2n) is 7.96. The summed E-state index contributed by atoms with van der Waals surface area (Å²) >= 11 is 0. The van der Waals surface area contributed by atoms with Gasteiger partial charge in [-0.2, -0.15) is 0 Å². The Morgan fingerprint density at radius 2 is 1.86 bits per heavy atom. The van der Waals surface area contributed by atoms with Crippen LogP contribution in [0, 0.1) is 17.8 Å². The van der Waals surface area contributed by atoms with Gasteiger partial charge in [0.05, 0.1) is 0 Å². The molecule has 2 nitrogen and oxygen atoms in total. The quantitative estimate of drug-likeness (QED) is 0.753.